The van der Waals surface area contributed by atoms with Gasteiger partial charge in [0.2, 0.25) is 10.0 Å². The van der Waals surface area contributed by atoms with Crippen molar-refractivity contribution in [1.82, 2.24) is 4.72 Å². The fourth-order valence-electron chi connectivity index (χ4n) is 2.13. The summed E-state index contributed by atoms with van der Waals surface area (Å²) in [5.41, 5.74) is 0.963. The summed E-state index contributed by atoms with van der Waals surface area (Å²) < 4.78 is 37.5. The summed E-state index contributed by atoms with van der Waals surface area (Å²) in [5, 5.41) is 0. The number of rotatable bonds is 5. The smallest absolute Gasteiger partial charge is 0.304 e. The van der Waals surface area contributed by atoms with Gasteiger partial charge in [0.1, 0.15) is 6.10 Å². The molecule has 0 radical (unpaired) electrons. The fourth-order valence-corrected chi connectivity index (χ4v) is 3.27. The highest BCUT2D eigenvalue weighted by Crippen LogP contribution is 2.19. The van der Waals surface area contributed by atoms with Gasteiger partial charge in [-0.15, -0.1) is 0 Å². The molecule has 2 atom stereocenters. The molecule has 2 rings (SSSR count). The second-order valence-corrected chi connectivity index (χ2v) is 6.73. The van der Waals surface area contributed by atoms with E-state index in [1.165, 1.54) is 19.1 Å². The molecule has 0 aliphatic carbocycles. The fraction of sp³-hybridized carbons (Fsp3) is 0.500. The zero-order chi connectivity index (χ0) is 15.5. The standard InChI is InChI=1S/C14H19NO5S/c1-10-5-7-12(8-6-10)21(17,18)15-14(20-11(2)16)13-4-3-9-19-13/h5-8,13-15H,3-4,9H2,1-2H3. The molecule has 0 spiro atoms. The highest BCUT2D eigenvalue weighted by molar-refractivity contribution is 7.89. The Balaban J connectivity index is 2.17. The molecule has 1 aliphatic heterocycles. The third-order valence-electron chi connectivity index (χ3n) is 3.20. The monoisotopic (exact) mass is 313 g/mol. The van der Waals surface area contributed by atoms with Crippen LogP contribution in [0.3, 0.4) is 0 Å². The van der Waals surface area contributed by atoms with E-state index in [2.05, 4.69) is 4.72 Å². The predicted molar refractivity (Wildman–Crippen MR) is 76.0 cm³/mol. The van der Waals surface area contributed by atoms with Crippen LogP contribution in [0.4, 0.5) is 0 Å². The molecule has 1 saturated heterocycles. The van der Waals surface area contributed by atoms with Crippen molar-refractivity contribution in [2.24, 2.45) is 0 Å². The third kappa shape index (κ3) is 4.26. The lowest BCUT2D eigenvalue weighted by atomic mass is 10.2. The summed E-state index contributed by atoms with van der Waals surface area (Å²) in [6.45, 7) is 3.65. The number of esters is 1. The van der Waals surface area contributed by atoms with E-state index in [9.17, 15) is 13.2 Å². The molecule has 0 bridgehead atoms. The molecule has 1 heterocycles. The topological polar surface area (TPSA) is 81.7 Å². The molecular formula is C14H19NO5S. The lowest BCUT2D eigenvalue weighted by Gasteiger charge is -2.23. The summed E-state index contributed by atoms with van der Waals surface area (Å²) >= 11 is 0. The van der Waals surface area contributed by atoms with E-state index in [0.717, 1.165) is 12.0 Å². The number of carbonyl (C=O) groups excluding carboxylic acids is 1. The molecule has 1 aromatic carbocycles. The Labute approximate surface area is 124 Å². The number of sulfonamides is 1. The van der Waals surface area contributed by atoms with E-state index >= 15 is 0 Å². The van der Waals surface area contributed by atoms with Crippen molar-refractivity contribution in [3.05, 3.63) is 29.8 Å². The van der Waals surface area contributed by atoms with E-state index < -0.39 is 28.3 Å². The van der Waals surface area contributed by atoms with Gasteiger partial charge in [-0.2, -0.15) is 4.72 Å². The molecule has 1 aromatic rings. The molecule has 6 nitrogen and oxygen atoms in total. The Bertz CT molecular complexity index is 590. The van der Waals surface area contributed by atoms with Crippen LogP contribution in [0.1, 0.15) is 25.3 Å². The molecular weight excluding hydrogens is 294 g/mol. The van der Waals surface area contributed by atoms with Gasteiger partial charge in [-0.3, -0.25) is 4.79 Å². The SMILES string of the molecule is CC(=O)OC(NS(=O)(=O)c1ccc(C)cc1)C1CCCO1. The first kappa shape index (κ1) is 15.9. The Morgan fingerprint density at radius 3 is 2.57 bits per heavy atom. The Morgan fingerprint density at radius 2 is 2.05 bits per heavy atom. The normalized spacial score (nSPS) is 20.2. The number of hydrogen-bond donors (Lipinski definition) is 1. The quantitative estimate of drug-likeness (QED) is 0.655. The van der Waals surface area contributed by atoms with Gasteiger partial charge in [0.05, 0.1) is 4.90 Å². The van der Waals surface area contributed by atoms with E-state index in [0.29, 0.717) is 13.0 Å². The summed E-state index contributed by atoms with van der Waals surface area (Å²) in [5.74, 6) is -0.554. The summed E-state index contributed by atoms with van der Waals surface area (Å²) in [6, 6.07) is 6.44. The van der Waals surface area contributed by atoms with Crippen LogP contribution in [0.2, 0.25) is 0 Å². The molecule has 21 heavy (non-hydrogen) atoms. The number of benzene rings is 1. The number of aryl methyl sites for hydroxylation is 1. The first-order valence-corrected chi connectivity index (χ1v) is 8.24. The minimum Gasteiger partial charge on any atom is -0.443 e. The van der Waals surface area contributed by atoms with Gasteiger partial charge in [0.15, 0.2) is 6.23 Å². The van der Waals surface area contributed by atoms with E-state index in [4.69, 9.17) is 9.47 Å². The van der Waals surface area contributed by atoms with Gasteiger partial charge in [0, 0.05) is 13.5 Å². The molecule has 116 valence electrons. The Kier molecular flexibility index (Phi) is 4.97. The maximum Gasteiger partial charge on any atom is 0.304 e. The van der Waals surface area contributed by atoms with Crippen molar-refractivity contribution in [2.75, 3.05) is 6.61 Å². The number of ether oxygens (including phenoxy) is 2. The lowest BCUT2D eigenvalue weighted by Crippen LogP contribution is -2.45. The molecule has 0 saturated carbocycles. The molecule has 0 aromatic heterocycles. The predicted octanol–water partition coefficient (Wildman–Crippen LogP) is 1.34. The maximum absolute atomic E-state index is 12.3. The largest absolute Gasteiger partial charge is 0.443 e. The first-order chi connectivity index (χ1) is 9.88. The van der Waals surface area contributed by atoms with Gasteiger partial charge in [-0.1, -0.05) is 17.7 Å². The van der Waals surface area contributed by atoms with Crippen LogP contribution in [0.15, 0.2) is 29.2 Å². The van der Waals surface area contributed by atoms with Crippen molar-refractivity contribution < 1.29 is 22.7 Å². The Morgan fingerprint density at radius 1 is 1.38 bits per heavy atom. The van der Waals surface area contributed by atoms with Crippen molar-refractivity contribution in [3.8, 4) is 0 Å². The van der Waals surface area contributed by atoms with Gasteiger partial charge in [-0.25, -0.2) is 8.42 Å². The first-order valence-electron chi connectivity index (χ1n) is 6.76. The van der Waals surface area contributed by atoms with Crippen molar-refractivity contribution in [3.63, 3.8) is 0 Å². The van der Waals surface area contributed by atoms with Crippen LogP contribution in [-0.4, -0.2) is 33.3 Å². The number of carbonyl (C=O) groups is 1. The molecule has 7 heteroatoms. The van der Waals surface area contributed by atoms with Crippen molar-refractivity contribution >= 4 is 16.0 Å². The van der Waals surface area contributed by atoms with Crippen LogP contribution >= 0.6 is 0 Å². The number of nitrogens with one attached hydrogen (secondary N) is 1. The summed E-state index contributed by atoms with van der Waals surface area (Å²) in [6.07, 6.45) is 0.00806. The Hall–Kier alpha value is -1.44. The van der Waals surface area contributed by atoms with E-state index in [-0.39, 0.29) is 4.90 Å². The van der Waals surface area contributed by atoms with Gasteiger partial charge in [-0.05, 0) is 31.9 Å². The van der Waals surface area contributed by atoms with Crippen LogP contribution in [0.5, 0.6) is 0 Å². The van der Waals surface area contributed by atoms with Crippen molar-refractivity contribution in [1.29, 1.82) is 0 Å². The number of hydrogen-bond acceptors (Lipinski definition) is 5. The molecule has 2 unspecified atom stereocenters. The highest BCUT2D eigenvalue weighted by Gasteiger charge is 2.32. The second-order valence-electron chi connectivity index (χ2n) is 5.02. The van der Waals surface area contributed by atoms with Gasteiger partial charge in [0.25, 0.3) is 0 Å². The second kappa shape index (κ2) is 6.55. The van der Waals surface area contributed by atoms with Crippen molar-refractivity contribution in [2.45, 2.75) is 43.9 Å². The average molecular weight is 313 g/mol. The van der Waals surface area contributed by atoms with Crippen LogP contribution in [0.25, 0.3) is 0 Å². The zero-order valence-corrected chi connectivity index (χ0v) is 12.9. The van der Waals surface area contributed by atoms with Gasteiger partial charge < -0.3 is 9.47 Å². The minimum absolute atomic E-state index is 0.128. The van der Waals surface area contributed by atoms with Crippen LogP contribution in [0, 0.1) is 6.92 Å². The van der Waals surface area contributed by atoms with Crippen LogP contribution < -0.4 is 4.72 Å². The maximum atomic E-state index is 12.3. The van der Waals surface area contributed by atoms with Crippen LogP contribution in [-0.2, 0) is 24.3 Å². The van der Waals surface area contributed by atoms with E-state index in [1.807, 2.05) is 6.92 Å². The minimum atomic E-state index is -3.77. The summed E-state index contributed by atoms with van der Waals surface area (Å²) in [7, 11) is -3.77. The lowest BCUT2D eigenvalue weighted by molar-refractivity contribution is -0.153. The van der Waals surface area contributed by atoms with Gasteiger partial charge >= 0.3 is 5.97 Å². The average Bonchev–Trinajstić information content (AvgIpc) is 2.91. The highest BCUT2D eigenvalue weighted by atomic mass is 32.2. The molecule has 1 fully saturated rings. The third-order valence-corrected chi connectivity index (χ3v) is 4.63. The molecule has 1 aliphatic rings. The molecule has 1 N–H and O–H groups in total. The molecule has 0 amide bonds. The zero-order valence-electron chi connectivity index (χ0n) is 12.0. The van der Waals surface area contributed by atoms with E-state index in [1.54, 1.807) is 12.1 Å². The summed E-state index contributed by atoms with van der Waals surface area (Å²) in [4.78, 5) is 11.3.